The van der Waals surface area contributed by atoms with Gasteiger partial charge in [-0.3, -0.25) is 19.9 Å². The Morgan fingerprint density at radius 2 is 2.22 bits per heavy atom. The number of rotatable bonds is 4. The summed E-state index contributed by atoms with van der Waals surface area (Å²) in [4.78, 5) is 25.8. The maximum atomic E-state index is 11.8. The summed E-state index contributed by atoms with van der Waals surface area (Å²) >= 11 is 5.75. The van der Waals surface area contributed by atoms with Crippen LogP contribution < -0.4 is 5.43 Å². The third kappa shape index (κ3) is 4.01. The SMILES string of the molecule is Cc1ccc(C(=O)N/N=C\c2cc(Cl)cc([N+](=O)[O-])c2O)cn1. The number of halogens is 1. The van der Waals surface area contributed by atoms with E-state index in [4.69, 9.17) is 11.6 Å². The molecular weight excluding hydrogens is 324 g/mol. The van der Waals surface area contributed by atoms with Gasteiger partial charge in [-0.25, -0.2) is 5.43 Å². The van der Waals surface area contributed by atoms with Crippen LogP contribution in [0.15, 0.2) is 35.6 Å². The highest BCUT2D eigenvalue weighted by Crippen LogP contribution is 2.32. The van der Waals surface area contributed by atoms with Crippen LogP contribution >= 0.6 is 11.6 Å². The molecule has 118 valence electrons. The number of benzene rings is 1. The van der Waals surface area contributed by atoms with Gasteiger partial charge in [0.1, 0.15) is 0 Å². The first-order valence-electron chi connectivity index (χ1n) is 6.31. The maximum absolute atomic E-state index is 11.8. The van der Waals surface area contributed by atoms with Gasteiger partial charge in [0.2, 0.25) is 5.75 Å². The molecule has 23 heavy (non-hydrogen) atoms. The zero-order valence-electron chi connectivity index (χ0n) is 11.9. The number of phenols is 1. The average Bonchev–Trinajstić information content (AvgIpc) is 2.50. The van der Waals surface area contributed by atoms with Gasteiger partial charge in [0, 0.05) is 28.5 Å². The van der Waals surface area contributed by atoms with E-state index < -0.39 is 22.3 Å². The summed E-state index contributed by atoms with van der Waals surface area (Å²) in [5, 5.41) is 24.3. The van der Waals surface area contributed by atoms with Gasteiger partial charge in [0.15, 0.2) is 0 Å². The number of aromatic hydroxyl groups is 1. The molecule has 0 spiro atoms. The second-order valence-corrected chi connectivity index (χ2v) is 4.94. The van der Waals surface area contributed by atoms with E-state index in [1.54, 1.807) is 19.1 Å². The summed E-state index contributed by atoms with van der Waals surface area (Å²) in [5.74, 6) is -1.10. The molecule has 0 saturated carbocycles. The normalized spacial score (nSPS) is 10.7. The lowest BCUT2D eigenvalue weighted by Gasteiger charge is -2.02. The highest BCUT2D eigenvalue weighted by Gasteiger charge is 2.17. The Bertz CT molecular complexity index is 790. The van der Waals surface area contributed by atoms with E-state index in [0.29, 0.717) is 5.56 Å². The minimum atomic E-state index is -0.769. The standard InChI is InChI=1S/C14H11ClN4O4/c1-8-2-3-9(6-16-8)14(21)18-17-7-10-4-11(15)5-12(13(10)20)19(22)23/h2-7,20H,1H3,(H,18,21)/b17-7-. The van der Waals surface area contributed by atoms with E-state index in [0.717, 1.165) is 18.0 Å². The topological polar surface area (TPSA) is 118 Å². The number of hydrogen-bond donors (Lipinski definition) is 2. The number of nitro benzene ring substituents is 1. The molecule has 0 aliphatic rings. The van der Waals surface area contributed by atoms with Gasteiger partial charge in [0.25, 0.3) is 5.91 Å². The zero-order chi connectivity index (χ0) is 17.0. The number of aryl methyl sites for hydroxylation is 1. The third-order valence-corrected chi connectivity index (χ3v) is 3.04. The van der Waals surface area contributed by atoms with Gasteiger partial charge in [0.05, 0.1) is 16.7 Å². The predicted octanol–water partition coefficient (Wildman–Crippen LogP) is 2.42. The van der Waals surface area contributed by atoms with Crippen molar-refractivity contribution in [2.45, 2.75) is 6.92 Å². The second kappa shape index (κ2) is 6.84. The fourth-order valence-corrected chi connectivity index (χ4v) is 1.89. The largest absolute Gasteiger partial charge is 0.502 e. The summed E-state index contributed by atoms with van der Waals surface area (Å²) in [6.07, 6.45) is 2.45. The number of pyridine rings is 1. The monoisotopic (exact) mass is 334 g/mol. The molecule has 0 aliphatic carbocycles. The van der Waals surface area contributed by atoms with Crippen molar-refractivity contribution in [1.29, 1.82) is 0 Å². The van der Waals surface area contributed by atoms with Gasteiger partial charge >= 0.3 is 5.69 Å². The Hall–Kier alpha value is -3.00. The number of nitrogens with zero attached hydrogens (tertiary/aromatic N) is 3. The summed E-state index contributed by atoms with van der Waals surface area (Å²) in [6, 6.07) is 5.55. The number of hydrogen-bond acceptors (Lipinski definition) is 6. The van der Waals surface area contributed by atoms with Crippen LogP contribution in [0.4, 0.5) is 5.69 Å². The Balaban J connectivity index is 2.16. The molecule has 2 aromatic rings. The van der Waals surface area contributed by atoms with Crippen LogP contribution in [0.2, 0.25) is 5.02 Å². The smallest absolute Gasteiger partial charge is 0.312 e. The number of nitro groups is 1. The molecular formula is C14H11ClN4O4. The van der Waals surface area contributed by atoms with Crippen LogP contribution in [0, 0.1) is 17.0 Å². The lowest BCUT2D eigenvalue weighted by atomic mass is 10.2. The van der Waals surface area contributed by atoms with Gasteiger partial charge in [-0.15, -0.1) is 0 Å². The van der Waals surface area contributed by atoms with Crippen molar-refractivity contribution >= 4 is 29.4 Å². The molecule has 1 aromatic carbocycles. The third-order valence-electron chi connectivity index (χ3n) is 2.82. The van der Waals surface area contributed by atoms with E-state index in [2.05, 4.69) is 15.5 Å². The lowest BCUT2D eigenvalue weighted by molar-refractivity contribution is -0.385. The molecule has 0 atom stereocenters. The number of carbonyl (C=O) groups excluding carboxylic acids is 1. The number of nitrogens with one attached hydrogen (secondary N) is 1. The molecule has 0 bridgehead atoms. The molecule has 2 rings (SSSR count). The average molecular weight is 335 g/mol. The Labute approximate surface area is 135 Å². The van der Waals surface area contributed by atoms with Crippen LogP contribution in [0.1, 0.15) is 21.6 Å². The number of aromatic nitrogens is 1. The molecule has 2 N–H and O–H groups in total. The lowest BCUT2D eigenvalue weighted by Crippen LogP contribution is -2.17. The molecule has 0 aliphatic heterocycles. The second-order valence-electron chi connectivity index (χ2n) is 4.51. The Morgan fingerprint density at radius 1 is 1.48 bits per heavy atom. The van der Waals surface area contributed by atoms with E-state index >= 15 is 0 Å². The minimum absolute atomic E-state index is 0.00605. The fraction of sp³-hybridized carbons (Fsp3) is 0.0714. The van der Waals surface area contributed by atoms with E-state index in [9.17, 15) is 20.0 Å². The summed E-state index contributed by atoms with van der Waals surface area (Å²) in [7, 11) is 0. The molecule has 9 heteroatoms. The van der Waals surface area contributed by atoms with Crippen LogP contribution in [0.25, 0.3) is 0 Å². The van der Waals surface area contributed by atoms with Gasteiger partial charge in [-0.1, -0.05) is 11.6 Å². The fourth-order valence-electron chi connectivity index (χ4n) is 1.67. The van der Waals surface area contributed by atoms with Gasteiger partial charge < -0.3 is 5.11 Å². The van der Waals surface area contributed by atoms with Crippen LogP contribution in [0.5, 0.6) is 5.75 Å². The van der Waals surface area contributed by atoms with E-state index in [1.165, 1.54) is 12.3 Å². The maximum Gasteiger partial charge on any atom is 0.312 e. The Kier molecular flexibility index (Phi) is 4.87. The molecule has 1 heterocycles. The molecule has 1 aromatic heterocycles. The zero-order valence-corrected chi connectivity index (χ0v) is 12.6. The Morgan fingerprint density at radius 3 is 2.83 bits per heavy atom. The highest BCUT2D eigenvalue weighted by atomic mass is 35.5. The highest BCUT2D eigenvalue weighted by molar-refractivity contribution is 6.31. The molecule has 0 unspecified atom stereocenters. The first-order chi connectivity index (χ1) is 10.9. The first-order valence-corrected chi connectivity index (χ1v) is 6.69. The number of amides is 1. The minimum Gasteiger partial charge on any atom is -0.502 e. The molecule has 0 fully saturated rings. The van der Waals surface area contributed by atoms with E-state index in [-0.39, 0.29) is 10.6 Å². The van der Waals surface area contributed by atoms with Crippen LogP contribution in [-0.2, 0) is 0 Å². The number of hydrazone groups is 1. The number of phenolic OH excluding ortho intramolecular Hbond substituents is 1. The van der Waals surface area contributed by atoms with Gasteiger partial charge in [-0.2, -0.15) is 5.10 Å². The van der Waals surface area contributed by atoms with Crippen molar-refractivity contribution in [3.05, 3.63) is 62.4 Å². The van der Waals surface area contributed by atoms with E-state index in [1.807, 2.05) is 0 Å². The van der Waals surface area contributed by atoms with Crippen molar-refractivity contribution in [2.24, 2.45) is 5.10 Å². The van der Waals surface area contributed by atoms with Crippen LogP contribution in [0.3, 0.4) is 0 Å². The molecule has 0 saturated heterocycles. The predicted molar refractivity (Wildman–Crippen MR) is 83.8 cm³/mol. The van der Waals surface area contributed by atoms with Crippen molar-refractivity contribution in [1.82, 2.24) is 10.4 Å². The van der Waals surface area contributed by atoms with Crippen molar-refractivity contribution in [3.63, 3.8) is 0 Å². The quantitative estimate of drug-likeness (QED) is 0.505. The van der Waals surface area contributed by atoms with Crippen molar-refractivity contribution in [2.75, 3.05) is 0 Å². The molecule has 8 nitrogen and oxygen atoms in total. The summed E-state index contributed by atoms with van der Waals surface area (Å²) < 4.78 is 0. The molecule has 0 radical (unpaired) electrons. The van der Waals surface area contributed by atoms with Crippen LogP contribution in [-0.4, -0.2) is 27.1 Å². The van der Waals surface area contributed by atoms with Crippen molar-refractivity contribution in [3.8, 4) is 5.75 Å². The summed E-state index contributed by atoms with van der Waals surface area (Å²) in [5.41, 5.74) is 2.75. The summed E-state index contributed by atoms with van der Waals surface area (Å²) in [6.45, 7) is 1.79. The molecule has 1 amide bonds. The van der Waals surface area contributed by atoms with Gasteiger partial charge in [-0.05, 0) is 25.1 Å². The van der Waals surface area contributed by atoms with Crippen molar-refractivity contribution < 1.29 is 14.8 Å². The number of carbonyl (C=O) groups is 1. The first kappa shape index (κ1) is 16.4.